The maximum absolute atomic E-state index is 4.27. The minimum atomic E-state index is 0.911. The molecule has 0 fully saturated rings. The van der Waals surface area contributed by atoms with Crippen LogP contribution in [0.3, 0.4) is 0 Å². The van der Waals surface area contributed by atoms with Crippen molar-refractivity contribution in [3.8, 4) is 0 Å². The third-order valence-corrected chi connectivity index (χ3v) is 3.20. The molecule has 0 spiro atoms. The third-order valence-electron chi connectivity index (χ3n) is 3.20. The topological polar surface area (TPSA) is 29.9 Å². The van der Waals surface area contributed by atoms with Gasteiger partial charge in [-0.15, -0.1) is 0 Å². The van der Waals surface area contributed by atoms with Crippen LogP contribution in [0.1, 0.15) is 23.9 Å². The van der Waals surface area contributed by atoms with Gasteiger partial charge in [-0.05, 0) is 37.6 Å². The minimum absolute atomic E-state index is 0.911. The van der Waals surface area contributed by atoms with Crippen LogP contribution in [-0.4, -0.2) is 22.6 Å². The molecule has 0 unspecified atom stereocenters. The Labute approximate surface area is 109 Å². The van der Waals surface area contributed by atoms with E-state index in [1.165, 1.54) is 11.1 Å². The zero-order valence-electron chi connectivity index (χ0n) is 11.2. The second-order valence-corrected chi connectivity index (χ2v) is 4.47. The van der Waals surface area contributed by atoms with E-state index in [1.54, 1.807) is 0 Å². The smallest absolute Gasteiger partial charge is 0.105 e. The van der Waals surface area contributed by atoms with E-state index in [2.05, 4.69) is 46.1 Å². The van der Waals surface area contributed by atoms with E-state index in [1.807, 2.05) is 19.3 Å². The zero-order valence-corrected chi connectivity index (χ0v) is 11.2. The predicted octanol–water partition coefficient (Wildman–Crippen LogP) is 2.39. The molecule has 0 saturated carbocycles. The number of imidazole rings is 1. The van der Waals surface area contributed by atoms with Crippen molar-refractivity contribution in [2.45, 2.75) is 26.8 Å². The maximum atomic E-state index is 4.27. The molecule has 0 aliphatic heterocycles. The summed E-state index contributed by atoms with van der Waals surface area (Å²) in [6.45, 7) is 7.16. The standard InChI is InChI=1S/C15H21N3/c1-3-16-9-8-14-6-4-5-7-15(14)12-18-11-10-17-13(18)2/h4-7,10-11,16H,3,8-9,12H2,1-2H3. The Bertz CT molecular complexity index is 488. The van der Waals surface area contributed by atoms with Gasteiger partial charge in [0, 0.05) is 18.9 Å². The van der Waals surface area contributed by atoms with Crippen molar-refractivity contribution in [3.63, 3.8) is 0 Å². The van der Waals surface area contributed by atoms with E-state index in [0.29, 0.717) is 0 Å². The summed E-state index contributed by atoms with van der Waals surface area (Å²) in [5.74, 6) is 1.07. The first-order valence-electron chi connectivity index (χ1n) is 6.56. The molecule has 0 bridgehead atoms. The number of likely N-dealkylation sites (N-methyl/N-ethyl adjacent to an activating group) is 1. The van der Waals surface area contributed by atoms with Crippen LogP contribution in [0.15, 0.2) is 36.7 Å². The number of nitrogens with one attached hydrogen (secondary N) is 1. The first-order valence-corrected chi connectivity index (χ1v) is 6.56. The van der Waals surface area contributed by atoms with Gasteiger partial charge in [-0.3, -0.25) is 0 Å². The normalized spacial score (nSPS) is 10.8. The highest BCUT2D eigenvalue weighted by Crippen LogP contribution is 2.12. The average molecular weight is 243 g/mol. The molecule has 1 heterocycles. The summed E-state index contributed by atoms with van der Waals surface area (Å²) in [5, 5.41) is 3.38. The predicted molar refractivity (Wildman–Crippen MR) is 74.8 cm³/mol. The number of benzene rings is 1. The lowest BCUT2D eigenvalue weighted by atomic mass is 10.0. The third kappa shape index (κ3) is 3.20. The van der Waals surface area contributed by atoms with Crippen LogP contribution in [0.4, 0.5) is 0 Å². The van der Waals surface area contributed by atoms with Crippen molar-refractivity contribution in [2.75, 3.05) is 13.1 Å². The summed E-state index contributed by atoms with van der Waals surface area (Å²) < 4.78 is 2.19. The Morgan fingerprint density at radius 2 is 2.00 bits per heavy atom. The quantitative estimate of drug-likeness (QED) is 0.790. The van der Waals surface area contributed by atoms with Crippen molar-refractivity contribution in [1.29, 1.82) is 0 Å². The fraction of sp³-hybridized carbons (Fsp3) is 0.400. The number of hydrogen-bond donors (Lipinski definition) is 1. The molecule has 3 heteroatoms. The Balaban J connectivity index is 2.10. The summed E-state index contributed by atoms with van der Waals surface area (Å²) in [6.07, 6.45) is 4.98. The van der Waals surface area contributed by atoms with Gasteiger partial charge in [-0.1, -0.05) is 31.2 Å². The van der Waals surface area contributed by atoms with Gasteiger partial charge in [0.1, 0.15) is 5.82 Å². The Kier molecular flexibility index (Phi) is 4.53. The van der Waals surface area contributed by atoms with E-state index < -0.39 is 0 Å². The highest BCUT2D eigenvalue weighted by molar-refractivity contribution is 5.28. The van der Waals surface area contributed by atoms with E-state index >= 15 is 0 Å². The van der Waals surface area contributed by atoms with Crippen LogP contribution in [0.2, 0.25) is 0 Å². The van der Waals surface area contributed by atoms with Crippen LogP contribution >= 0.6 is 0 Å². The van der Waals surface area contributed by atoms with Crippen LogP contribution < -0.4 is 5.32 Å². The number of nitrogens with zero attached hydrogens (tertiary/aromatic N) is 2. The van der Waals surface area contributed by atoms with Crippen molar-refractivity contribution in [1.82, 2.24) is 14.9 Å². The Morgan fingerprint density at radius 3 is 2.67 bits per heavy atom. The highest BCUT2D eigenvalue weighted by Gasteiger charge is 2.04. The molecule has 0 aliphatic rings. The lowest BCUT2D eigenvalue weighted by molar-refractivity contribution is 0.702. The van der Waals surface area contributed by atoms with Gasteiger partial charge in [0.2, 0.25) is 0 Å². The zero-order chi connectivity index (χ0) is 12.8. The molecule has 1 aromatic heterocycles. The number of hydrogen-bond acceptors (Lipinski definition) is 2. The minimum Gasteiger partial charge on any atom is -0.331 e. The van der Waals surface area contributed by atoms with Crippen molar-refractivity contribution in [2.24, 2.45) is 0 Å². The molecule has 0 saturated heterocycles. The lowest BCUT2D eigenvalue weighted by Crippen LogP contribution is -2.17. The van der Waals surface area contributed by atoms with Gasteiger partial charge in [0.25, 0.3) is 0 Å². The fourth-order valence-corrected chi connectivity index (χ4v) is 2.11. The number of rotatable bonds is 6. The monoisotopic (exact) mass is 243 g/mol. The van der Waals surface area contributed by atoms with Gasteiger partial charge in [0.15, 0.2) is 0 Å². The molecular formula is C15H21N3. The van der Waals surface area contributed by atoms with Crippen LogP contribution in [0, 0.1) is 6.92 Å². The van der Waals surface area contributed by atoms with Gasteiger partial charge in [0.05, 0.1) is 0 Å². The molecule has 0 atom stereocenters. The van der Waals surface area contributed by atoms with Gasteiger partial charge >= 0.3 is 0 Å². The molecule has 1 aromatic carbocycles. The van der Waals surface area contributed by atoms with Crippen molar-refractivity contribution in [3.05, 3.63) is 53.6 Å². The molecule has 3 nitrogen and oxygen atoms in total. The van der Waals surface area contributed by atoms with Crippen LogP contribution in [0.25, 0.3) is 0 Å². The van der Waals surface area contributed by atoms with Gasteiger partial charge in [-0.2, -0.15) is 0 Å². The van der Waals surface area contributed by atoms with E-state index in [0.717, 1.165) is 31.9 Å². The van der Waals surface area contributed by atoms with Crippen molar-refractivity contribution >= 4 is 0 Å². The van der Waals surface area contributed by atoms with Gasteiger partial charge in [-0.25, -0.2) is 4.98 Å². The molecular weight excluding hydrogens is 222 g/mol. The summed E-state index contributed by atoms with van der Waals surface area (Å²) in [7, 11) is 0. The SMILES string of the molecule is CCNCCc1ccccc1Cn1ccnc1C. The largest absolute Gasteiger partial charge is 0.331 e. The summed E-state index contributed by atoms with van der Waals surface area (Å²) in [4.78, 5) is 4.27. The first-order chi connectivity index (χ1) is 8.81. The summed E-state index contributed by atoms with van der Waals surface area (Å²) >= 11 is 0. The second kappa shape index (κ2) is 6.36. The van der Waals surface area contributed by atoms with Crippen LogP contribution in [0.5, 0.6) is 0 Å². The summed E-state index contributed by atoms with van der Waals surface area (Å²) in [6, 6.07) is 8.66. The van der Waals surface area contributed by atoms with Crippen LogP contribution in [-0.2, 0) is 13.0 Å². The fourth-order valence-electron chi connectivity index (χ4n) is 2.11. The van der Waals surface area contributed by atoms with Crippen molar-refractivity contribution < 1.29 is 0 Å². The molecule has 2 aromatic rings. The first kappa shape index (κ1) is 12.8. The molecule has 0 radical (unpaired) electrons. The van der Waals surface area contributed by atoms with E-state index in [-0.39, 0.29) is 0 Å². The lowest BCUT2D eigenvalue weighted by Gasteiger charge is -2.11. The molecule has 0 aliphatic carbocycles. The Morgan fingerprint density at radius 1 is 1.22 bits per heavy atom. The van der Waals surface area contributed by atoms with Gasteiger partial charge < -0.3 is 9.88 Å². The highest BCUT2D eigenvalue weighted by atomic mass is 15.0. The summed E-state index contributed by atoms with van der Waals surface area (Å²) in [5.41, 5.74) is 2.81. The average Bonchev–Trinajstić information content (AvgIpc) is 2.78. The molecule has 2 rings (SSSR count). The second-order valence-electron chi connectivity index (χ2n) is 4.47. The van der Waals surface area contributed by atoms with E-state index in [4.69, 9.17) is 0 Å². The molecule has 1 N–H and O–H groups in total. The molecule has 96 valence electrons. The number of aryl methyl sites for hydroxylation is 1. The van der Waals surface area contributed by atoms with E-state index in [9.17, 15) is 0 Å². The molecule has 0 amide bonds. The number of aromatic nitrogens is 2. The maximum Gasteiger partial charge on any atom is 0.105 e. The molecule has 18 heavy (non-hydrogen) atoms. The Hall–Kier alpha value is -1.61.